The lowest BCUT2D eigenvalue weighted by Gasteiger charge is -2.16. The van der Waals surface area contributed by atoms with Gasteiger partial charge in [-0.25, -0.2) is 4.79 Å². The van der Waals surface area contributed by atoms with Crippen LogP contribution in [0.15, 0.2) is 18.2 Å². The van der Waals surface area contributed by atoms with Gasteiger partial charge in [0, 0.05) is 0 Å². The minimum Gasteiger partial charge on any atom is -0.461 e. The summed E-state index contributed by atoms with van der Waals surface area (Å²) in [6.45, 7) is 1.22. The number of ether oxygens (including phenoxy) is 3. The van der Waals surface area contributed by atoms with Gasteiger partial charge < -0.3 is 14.2 Å². The molecule has 1 aromatic rings. The van der Waals surface area contributed by atoms with Gasteiger partial charge in [0.15, 0.2) is 11.5 Å². The number of alkyl halides is 2. The molecular weight excluding hydrogens is 234 g/mol. The van der Waals surface area contributed by atoms with E-state index in [0.29, 0.717) is 0 Å². The molecule has 0 amide bonds. The average Bonchev–Trinajstić information content (AvgIpc) is 2.76. The molecular formula is C11H10F2O4. The van der Waals surface area contributed by atoms with Gasteiger partial charge in [-0.05, 0) is 19.1 Å². The first-order valence-corrected chi connectivity index (χ1v) is 5.01. The van der Waals surface area contributed by atoms with Crippen molar-refractivity contribution in [3.8, 4) is 11.5 Å². The number of carbonyl (C=O) groups is 1. The normalized spacial score (nSPS) is 13.6. The molecule has 92 valence electrons. The Balaban J connectivity index is 2.40. The lowest BCUT2D eigenvalue weighted by atomic mass is 10.1. The van der Waals surface area contributed by atoms with E-state index in [1.807, 2.05) is 0 Å². The molecule has 0 radical (unpaired) electrons. The third kappa shape index (κ3) is 1.90. The Morgan fingerprint density at radius 1 is 1.47 bits per heavy atom. The minimum absolute atomic E-state index is 0.106. The summed E-state index contributed by atoms with van der Waals surface area (Å²) in [5, 5.41) is 0. The second-order valence-electron chi connectivity index (χ2n) is 3.33. The van der Waals surface area contributed by atoms with Crippen molar-refractivity contribution in [2.24, 2.45) is 0 Å². The van der Waals surface area contributed by atoms with E-state index in [-0.39, 0.29) is 24.9 Å². The Bertz CT molecular complexity index is 445. The maximum absolute atomic E-state index is 13.8. The van der Waals surface area contributed by atoms with Crippen LogP contribution in [-0.2, 0) is 15.5 Å². The summed E-state index contributed by atoms with van der Waals surface area (Å²) in [6.07, 6.45) is 0. The van der Waals surface area contributed by atoms with E-state index < -0.39 is 17.5 Å². The molecule has 0 fully saturated rings. The van der Waals surface area contributed by atoms with Crippen molar-refractivity contribution in [2.45, 2.75) is 12.8 Å². The summed E-state index contributed by atoms with van der Waals surface area (Å²) in [5.41, 5.74) is -0.536. The molecule has 0 bridgehead atoms. The first-order valence-electron chi connectivity index (χ1n) is 5.01. The molecule has 0 saturated carbocycles. The van der Waals surface area contributed by atoms with Gasteiger partial charge in [0.05, 0.1) is 12.2 Å². The van der Waals surface area contributed by atoms with Crippen LogP contribution in [0.25, 0.3) is 0 Å². The molecule has 0 aromatic heterocycles. The predicted octanol–water partition coefficient (Wildman–Crippen LogP) is 2.07. The molecule has 1 heterocycles. The van der Waals surface area contributed by atoms with Crippen LogP contribution in [0.5, 0.6) is 11.5 Å². The van der Waals surface area contributed by atoms with Crippen molar-refractivity contribution in [3.05, 3.63) is 23.8 Å². The van der Waals surface area contributed by atoms with Crippen LogP contribution in [0.4, 0.5) is 8.78 Å². The molecule has 1 aromatic carbocycles. The highest BCUT2D eigenvalue weighted by atomic mass is 19.3. The van der Waals surface area contributed by atoms with Gasteiger partial charge in [0.25, 0.3) is 0 Å². The molecule has 6 heteroatoms. The van der Waals surface area contributed by atoms with E-state index in [1.165, 1.54) is 19.1 Å². The van der Waals surface area contributed by atoms with Crippen LogP contribution in [0.1, 0.15) is 12.5 Å². The lowest BCUT2D eigenvalue weighted by molar-refractivity contribution is -0.173. The Hall–Kier alpha value is -1.85. The first kappa shape index (κ1) is 11.6. The van der Waals surface area contributed by atoms with Gasteiger partial charge in [0.2, 0.25) is 6.79 Å². The van der Waals surface area contributed by atoms with Gasteiger partial charge >= 0.3 is 11.9 Å². The second-order valence-corrected chi connectivity index (χ2v) is 3.33. The third-order valence-electron chi connectivity index (χ3n) is 2.27. The molecule has 1 aliphatic heterocycles. The topological polar surface area (TPSA) is 44.8 Å². The fourth-order valence-corrected chi connectivity index (χ4v) is 1.51. The van der Waals surface area contributed by atoms with Crippen molar-refractivity contribution in [2.75, 3.05) is 13.4 Å². The van der Waals surface area contributed by atoms with Crippen LogP contribution < -0.4 is 9.47 Å². The SMILES string of the molecule is CCOC(=O)C(F)(F)c1cccc2c1OCO2. The molecule has 0 saturated heterocycles. The highest BCUT2D eigenvalue weighted by Crippen LogP contribution is 2.43. The minimum atomic E-state index is -3.74. The van der Waals surface area contributed by atoms with Gasteiger partial charge in [-0.1, -0.05) is 6.07 Å². The number of benzene rings is 1. The zero-order valence-electron chi connectivity index (χ0n) is 9.04. The monoisotopic (exact) mass is 244 g/mol. The molecule has 4 nitrogen and oxygen atoms in total. The number of hydrogen-bond acceptors (Lipinski definition) is 4. The Morgan fingerprint density at radius 2 is 2.24 bits per heavy atom. The van der Waals surface area contributed by atoms with Crippen molar-refractivity contribution in [1.29, 1.82) is 0 Å². The van der Waals surface area contributed by atoms with Crippen molar-refractivity contribution in [3.63, 3.8) is 0 Å². The summed E-state index contributed by atoms with van der Waals surface area (Å²) in [4.78, 5) is 11.2. The molecule has 0 atom stereocenters. The van der Waals surface area contributed by atoms with Crippen molar-refractivity contribution in [1.82, 2.24) is 0 Å². The number of halogens is 2. The average molecular weight is 244 g/mol. The maximum Gasteiger partial charge on any atom is 0.382 e. The van der Waals surface area contributed by atoms with Gasteiger partial charge in [-0.2, -0.15) is 8.78 Å². The molecule has 0 N–H and O–H groups in total. The first-order chi connectivity index (χ1) is 8.07. The quantitative estimate of drug-likeness (QED) is 0.763. The van der Waals surface area contributed by atoms with Crippen molar-refractivity contribution < 1.29 is 27.8 Å². The smallest absolute Gasteiger partial charge is 0.382 e. The van der Waals surface area contributed by atoms with E-state index in [4.69, 9.17) is 9.47 Å². The number of fused-ring (bicyclic) bond motifs is 1. The Kier molecular flexibility index (Phi) is 2.87. The standard InChI is InChI=1S/C11H10F2O4/c1-2-15-10(14)11(12,13)7-4-3-5-8-9(7)17-6-16-8/h3-5H,2,6H2,1H3. The number of para-hydroxylation sites is 1. The summed E-state index contributed by atoms with van der Waals surface area (Å²) >= 11 is 0. The maximum atomic E-state index is 13.8. The van der Waals surface area contributed by atoms with E-state index in [0.717, 1.165) is 6.07 Å². The van der Waals surface area contributed by atoms with Crippen LogP contribution in [0.3, 0.4) is 0 Å². The molecule has 17 heavy (non-hydrogen) atoms. The van der Waals surface area contributed by atoms with E-state index in [2.05, 4.69) is 4.74 Å². The van der Waals surface area contributed by atoms with Crippen LogP contribution in [0.2, 0.25) is 0 Å². The number of carbonyl (C=O) groups excluding carboxylic acids is 1. The zero-order chi connectivity index (χ0) is 12.5. The molecule has 2 rings (SSSR count). The predicted molar refractivity (Wildman–Crippen MR) is 53.1 cm³/mol. The van der Waals surface area contributed by atoms with E-state index >= 15 is 0 Å². The largest absolute Gasteiger partial charge is 0.461 e. The van der Waals surface area contributed by atoms with E-state index in [1.54, 1.807) is 0 Å². The number of rotatable bonds is 3. The third-order valence-corrected chi connectivity index (χ3v) is 2.27. The molecule has 0 unspecified atom stereocenters. The van der Waals surface area contributed by atoms with Crippen LogP contribution in [0, 0.1) is 0 Å². The number of esters is 1. The van der Waals surface area contributed by atoms with Gasteiger partial charge in [-0.3, -0.25) is 0 Å². The Morgan fingerprint density at radius 3 is 2.94 bits per heavy atom. The summed E-state index contributed by atoms with van der Waals surface area (Å²) in [6, 6.07) is 3.98. The molecule has 1 aliphatic rings. The molecule has 0 spiro atoms. The number of hydrogen-bond donors (Lipinski definition) is 0. The van der Waals surface area contributed by atoms with Crippen LogP contribution in [-0.4, -0.2) is 19.4 Å². The summed E-state index contributed by atoms with van der Waals surface area (Å²) in [5.74, 6) is -5.24. The van der Waals surface area contributed by atoms with Crippen LogP contribution >= 0.6 is 0 Å². The lowest BCUT2D eigenvalue weighted by Crippen LogP contribution is -2.28. The highest BCUT2D eigenvalue weighted by molar-refractivity contribution is 5.81. The van der Waals surface area contributed by atoms with Gasteiger partial charge in [-0.15, -0.1) is 0 Å². The summed E-state index contributed by atoms with van der Waals surface area (Å²) < 4.78 is 41.8. The highest BCUT2D eigenvalue weighted by Gasteiger charge is 2.46. The second kappa shape index (κ2) is 4.20. The fraction of sp³-hybridized carbons (Fsp3) is 0.364. The fourth-order valence-electron chi connectivity index (χ4n) is 1.51. The van der Waals surface area contributed by atoms with Crippen molar-refractivity contribution >= 4 is 5.97 Å². The summed E-state index contributed by atoms with van der Waals surface area (Å²) in [7, 11) is 0. The Labute approximate surface area is 96.1 Å². The molecule has 0 aliphatic carbocycles. The van der Waals surface area contributed by atoms with E-state index in [9.17, 15) is 13.6 Å². The zero-order valence-corrected chi connectivity index (χ0v) is 9.04. The van der Waals surface area contributed by atoms with Gasteiger partial charge in [0.1, 0.15) is 0 Å².